The van der Waals surface area contributed by atoms with Crippen LogP contribution in [0.3, 0.4) is 0 Å². The molecule has 3 N–H and O–H groups in total. The molecule has 0 unspecified atom stereocenters. The highest BCUT2D eigenvalue weighted by molar-refractivity contribution is 6.02. The largest absolute Gasteiger partial charge is 0.446 e. The van der Waals surface area contributed by atoms with E-state index in [0.29, 0.717) is 18.1 Å². The lowest BCUT2D eigenvalue weighted by Gasteiger charge is -2.02. The Balaban J connectivity index is 2.14. The summed E-state index contributed by atoms with van der Waals surface area (Å²) in [6, 6.07) is 6.90. The summed E-state index contributed by atoms with van der Waals surface area (Å²) in [5.74, 6) is 0.839. The molecular formula is C12H13N3O2. The van der Waals surface area contributed by atoms with E-state index in [0.717, 1.165) is 11.3 Å². The molecule has 0 spiro atoms. The molecule has 0 fully saturated rings. The minimum atomic E-state index is -0.311. The van der Waals surface area contributed by atoms with E-state index >= 15 is 0 Å². The third kappa shape index (κ3) is 2.70. The number of nitrogens with one attached hydrogen (secondary N) is 1. The molecule has 0 aromatic carbocycles. The number of nitrogens with two attached hydrogens (primary N) is 1. The van der Waals surface area contributed by atoms with Gasteiger partial charge in [-0.2, -0.15) is 0 Å². The maximum atomic E-state index is 11.8. The first-order valence-electron chi connectivity index (χ1n) is 5.22. The molecule has 1 amide bonds. The number of pyridine rings is 1. The molecule has 0 aliphatic rings. The summed E-state index contributed by atoms with van der Waals surface area (Å²) in [6.07, 6.45) is 1.56. The Hall–Kier alpha value is -2.14. The van der Waals surface area contributed by atoms with Gasteiger partial charge in [-0.1, -0.05) is 0 Å². The van der Waals surface area contributed by atoms with Crippen molar-refractivity contribution in [3.63, 3.8) is 0 Å². The number of rotatable bonds is 3. The molecule has 88 valence electrons. The van der Waals surface area contributed by atoms with Crippen LogP contribution in [-0.4, -0.2) is 10.9 Å². The lowest BCUT2D eigenvalue weighted by Crippen LogP contribution is -2.13. The third-order valence-corrected chi connectivity index (χ3v) is 2.27. The van der Waals surface area contributed by atoms with Crippen molar-refractivity contribution in [3.8, 4) is 0 Å². The highest BCUT2D eigenvalue weighted by Gasteiger charge is 2.09. The molecule has 5 heteroatoms. The Morgan fingerprint density at radius 2 is 2.29 bits per heavy atom. The van der Waals surface area contributed by atoms with E-state index in [1.54, 1.807) is 30.5 Å². The molecule has 2 rings (SSSR count). The molecular weight excluding hydrogens is 218 g/mol. The molecule has 0 aliphatic carbocycles. The predicted molar refractivity (Wildman–Crippen MR) is 63.5 cm³/mol. The van der Waals surface area contributed by atoms with Crippen LogP contribution < -0.4 is 11.1 Å². The second kappa shape index (κ2) is 4.80. The van der Waals surface area contributed by atoms with Crippen LogP contribution in [0, 0.1) is 6.92 Å². The average Bonchev–Trinajstić information content (AvgIpc) is 2.75. The first-order valence-corrected chi connectivity index (χ1v) is 5.22. The van der Waals surface area contributed by atoms with Crippen LogP contribution in [0.15, 0.2) is 34.9 Å². The Bertz CT molecular complexity index is 534. The Labute approximate surface area is 98.6 Å². The van der Waals surface area contributed by atoms with Crippen molar-refractivity contribution in [1.82, 2.24) is 4.98 Å². The second-order valence-corrected chi connectivity index (χ2v) is 3.62. The fourth-order valence-electron chi connectivity index (χ4n) is 1.40. The number of carbonyl (C=O) groups is 1. The smallest absolute Gasteiger partial charge is 0.276 e. The molecule has 2 aromatic rings. The topological polar surface area (TPSA) is 81.2 Å². The van der Waals surface area contributed by atoms with Gasteiger partial charge in [0, 0.05) is 18.8 Å². The summed E-state index contributed by atoms with van der Waals surface area (Å²) in [7, 11) is 0. The van der Waals surface area contributed by atoms with Crippen LogP contribution in [0.25, 0.3) is 0 Å². The zero-order chi connectivity index (χ0) is 12.3. The van der Waals surface area contributed by atoms with E-state index in [4.69, 9.17) is 10.2 Å². The van der Waals surface area contributed by atoms with E-state index in [1.807, 2.05) is 6.92 Å². The minimum Gasteiger partial charge on any atom is -0.446 e. The maximum absolute atomic E-state index is 11.8. The van der Waals surface area contributed by atoms with Crippen molar-refractivity contribution < 1.29 is 9.21 Å². The van der Waals surface area contributed by atoms with E-state index in [1.165, 1.54) is 0 Å². The molecule has 0 saturated carbocycles. The van der Waals surface area contributed by atoms with Gasteiger partial charge in [0.05, 0.1) is 0 Å². The van der Waals surface area contributed by atoms with Gasteiger partial charge >= 0.3 is 0 Å². The minimum absolute atomic E-state index is 0.311. The molecule has 0 aliphatic heterocycles. The molecule has 2 aromatic heterocycles. The van der Waals surface area contributed by atoms with E-state index in [-0.39, 0.29) is 5.91 Å². The fraction of sp³-hybridized carbons (Fsp3) is 0.167. The number of furan rings is 1. The van der Waals surface area contributed by atoms with Crippen LogP contribution >= 0.6 is 0 Å². The quantitative estimate of drug-likeness (QED) is 0.842. The summed E-state index contributed by atoms with van der Waals surface area (Å²) in [5, 5.41) is 2.62. The van der Waals surface area contributed by atoms with Gasteiger partial charge in [-0.25, -0.2) is 0 Å². The molecule has 0 atom stereocenters. The molecule has 0 saturated heterocycles. The van der Waals surface area contributed by atoms with Crippen molar-refractivity contribution in [2.75, 3.05) is 5.32 Å². The number of carbonyl (C=O) groups excluding carboxylic acids is 1. The van der Waals surface area contributed by atoms with Crippen LogP contribution in [0.1, 0.15) is 21.8 Å². The number of nitrogens with zero attached hydrogens (tertiary/aromatic N) is 1. The maximum Gasteiger partial charge on any atom is 0.276 e. The van der Waals surface area contributed by atoms with Gasteiger partial charge in [-0.05, 0) is 30.7 Å². The van der Waals surface area contributed by atoms with E-state index in [9.17, 15) is 4.79 Å². The first-order chi connectivity index (χ1) is 8.19. The Morgan fingerprint density at radius 1 is 1.47 bits per heavy atom. The molecule has 2 heterocycles. The lowest BCUT2D eigenvalue weighted by atomic mass is 10.2. The van der Waals surface area contributed by atoms with Crippen molar-refractivity contribution in [3.05, 3.63) is 47.5 Å². The van der Waals surface area contributed by atoms with E-state index < -0.39 is 0 Å². The number of amides is 1. The molecule has 0 radical (unpaired) electrons. The van der Waals surface area contributed by atoms with Crippen LogP contribution in [0.2, 0.25) is 0 Å². The summed E-state index contributed by atoms with van der Waals surface area (Å²) in [4.78, 5) is 15.8. The SMILES string of the molecule is Cc1ccc(NC(=O)c2cc(CN)ccn2)o1. The molecule has 5 nitrogen and oxygen atoms in total. The van der Waals surface area contributed by atoms with Gasteiger partial charge in [0.1, 0.15) is 11.5 Å². The lowest BCUT2D eigenvalue weighted by molar-refractivity contribution is 0.102. The van der Waals surface area contributed by atoms with E-state index in [2.05, 4.69) is 10.3 Å². The molecule has 0 bridgehead atoms. The van der Waals surface area contributed by atoms with Gasteiger partial charge in [-0.3, -0.25) is 15.1 Å². The normalized spacial score (nSPS) is 10.2. The highest BCUT2D eigenvalue weighted by atomic mass is 16.4. The van der Waals surface area contributed by atoms with Gasteiger partial charge in [0.25, 0.3) is 5.91 Å². The highest BCUT2D eigenvalue weighted by Crippen LogP contribution is 2.13. The van der Waals surface area contributed by atoms with Crippen LogP contribution in [-0.2, 0) is 6.54 Å². The zero-order valence-corrected chi connectivity index (χ0v) is 9.43. The van der Waals surface area contributed by atoms with Crippen LogP contribution in [0.5, 0.6) is 0 Å². The average molecular weight is 231 g/mol. The first kappa shape index (κ1) is 11.3. The number of hydrogen-bond donors (Lipinski definition) is 2. The second-order valence-electron chi connectivity index (χ2n) is 3.62. The van der Waals surface area contributed by atoms with Gasteiger partial charge in [0.2, 0.25) is 0 Å². The van der Waals surface area contributed by atoms with Crippen LogP contribution in [0.4, 0.5) is 5.88 Å². The fourth-order valence-corrected chi connectivity index (χ4v) is 1.40. The summed E-state index contributed by atoms with van der Waals surface area (Å²) >= 11 is 0. The number of aromatic nitrogens is 1. The van der Waals surface area contributed by atoms with Gasteiger partial charge in [0.15, 0.2) is 5.88 Å². The summed E-state index contributed by atoms with van der Waals surface area (Å²) in [6.45, 7) is 2.19. The molecule has 17 heavy (non-hydrogen) atoms. The Kier molecular flexibility index (Phi) is 3.20. The summed E-state index contributed by atoms with van der Waals surface area (Å²) in [5.41, 5.74) is 6.68. The van der Waals surface area contributed by atoms with Crippen molar-refractivity contribution in [2.45, 2.75) is 13.5 Å². The van der Waals surface area contributed by atoms with Crippen molar-refractivity contribution in [2.24, 2.45) is 5.73 Å². The van der Waals surface area contributed by atoms with Crippen molar-refractivity contribution >= 4 is 11.8 Å². The third-order valence-electron chi connectivity index (χ3n) is 2.27. The van der Waals surface area contributed by atoms with Gasteiger partial charge in [-0.15, -0.1) is 0 Å². The standard InChI is InChI=1S/C12H13N3O2/c1-8-2-3-11(17-8)15-12(16)10-6-9(7-13)4-5-14-10/h2-6H,7,13H2,1H3,(H,15,16). The number of anilines is 1. The predicted octanol–water partition coefficient (Wildman–Crippen LogP) is 1.69. The summed E-state index contributed by atoms with van der Waals surface area (Å²) < 4.78 is 5.25. The van der Waals surface area contributed by atoms with Gasteiger partial charge < -0.3 is 10.2 Å². The van der Waals surface area contributed by atoms with Crippen molar-refractivity contribution in [1.29, 1.82) is 0 Å². The number of aryl methyl sites for hydroxylation is 1. The zero-order valence-electron chi connectivity index (χ0n) is 9.43. The number of hydrogen-bond acceptors (Lipinski definition) is 4. The Morgan fingerprint density at radius 3 is 2.94 bits per heavy atom. The monoisotopic (exact) mass is 231 g/mol.